The predicted octanol–water partition coefficient (Wildman–Crippen LogP) is 3.55. The van der Waals surface area contributed by atoms with Crippen molar-refractivity contribution in [3.8, 4) is 0 Å². The Balaban J connectivity index is 2.35. The van der Waals surface area contributed by atoms with Crippen LogP contribution in [0.4, 0.5) is 24.5 Å². The SMILES string of the molecule is O=C(O)c1cc(F)cc(Nc2ccc(F)cc2F)c1. The average molecular weight is 267 g/mol. The minimum absolute atomic E-state index is 0.0582. The molecule has 0 fully saturated rings. The summed E-state index contributed by atoms with van der Waals surface area (Å²) >= 11 is 0. The monoisotopic (exact) mass is 267 g/mol. The van der Waals surface area contributed by atoms with Crippen LogP contribution in [0.25, 0.3) is 0 Å². The number of hydrogen-bond acceptors (Lipinski definition) is 2. The van der Waals surface area contributed by atoms with Crippen molar-refractivity contribution < 1.29 is 23.1 Å². The molecule has 2 aromatic carbocycles. The molecule has 98 valence electrons. The molecule has 6 heteroatoms. The summed E-state index contributed by atoms with van der Waals surface area (Å²) in [4.78, 5) is 10.8. The first-order valence-electron chi connectivity index (χ1n) is 5.21. The molecular weight excluding hydrogens is 259 g/mol. The lowest BCUT2D eigenvalue weighted by Crippen LogP contribution is -2.00. The number of benzene rings is 2. The highest BCUT2D eigenvalue weighted by Crippen LogP contribution is 2.22. The largest absolute Gasteiger partial charge is 0.478 e. The quantitative estimate of drug-likeness (QED) is 0.894. The number of anilines is 2. The minimum atomic E-state index is -1.30. The zero-order valence-electron chi connectivity index (χ0n) is 9.45. The Bertz CT molecular complexity index is 644. The highest BCUT2D eigenvalue weighted by atomic mass is 19.1. The van der Waals surface area contributed by atoms with Gasteiger partial charge in [0.1, 0.15) is 17.5 Å². The van der Waals surface area contributed by atoms with Crippen LogP contribution >= 0.6 is 0 Å². The molecule has 0 heterocycles. The number of aromatic carboxylic acids is 1. The number of hydrogen-bond donors (Lipinski definition) is 2. The van der Waals surface area contributed by atoms with Gasteiger partial charge in [-0.15, -0.1) is 0 Å². The van der Waals surface area contributed by atoms with Crippen LogP contribution in [0.15, 0.2) is 36.4 Å². The second-order valence-electron chi connectivity index (χ2n) is 3.78. The second kappa shape index (κ2) is 5.01. The second-order valence-corrected chi connectivity index (χ2v) is 3.78. The smallest absolute Gasteiger partial charge is 0.335 e. The third kappa shape index (κ3) is 3.04. The summed E-state index contributed by atoms with van der Waals surface area (Å²) in [5.41, 5.74) is -0.295. The van der Waals surface area contributed by atoms with Gasteiger partial charge in [0.25, 0.3) is 0 Å². The van der Waals surface area contributed by atoms with E-state index in [1.165, 1.54) is 0 Å². The molecular formula is C13H8F3NO2. The maximum absolute atomic E-state index is 13.4. The molecule has 0 amide bonds. The third-order valence-electron chi connectivity index (χ3n) is 2.35. The topological polar surface area (TPSA) is 49.3 Å². The summed E-state index contributed by atoms with van der Waals surface area (Å²) < 4.78 is 39.3. The Hall–Kier alpha value is -2.50. The molecule has 0 saturated heterocycles. The van der Waals surface area contributed by atoms with Gasteiger partial charge < -0.3 is 10.4 Å². The van der Waals surface area contributed by atoms with Gasteiger partial charge in [-0.25, -0.2) is 18.0 Å². The Kier molecular flexibility index (Phi) is 3.41. The van der Waals surface area contributed by atoms with Gasteiger partial charge in [0.05, 0.1) is 11.3 Å². The van der Waals surface area contributed by atoms with Crippen molar-refractivity contribution in [1.82, 2.24) is 0 Å². The van der Waals surface area contributed by atoms with E-state index in [2.05, 4.69) is 5.32 Å². The predicted molar refractivity (Wildman–Crippen MR) is 63.0 cm³/mol. The van der Waals surface area contributed by atoms with Crippen LogP contribution in [0.1, 0.15) is 10.4 Å². The Morgan fingerprint density at radius 3 is 2.37 bits per heavy atom. The highest BCUT2D eigenvalue weighted by molar-refractivity contribution is 5.89. The van der Waals surface area contributed by atoms with E-state index in [9.17, 15) is 18.0 Å². The molecule has 0 aliphatic carbocycles. The molecule has 0 aliphatic rings. The summed E-state index contributed by atoms with van der Waals surface area (Å²) in [6.07, 6.45) is 0. The molecule has 0 aliphatic heterocycles. The number of halogens is 3. The van der Waals surface area contributed by atoms with Crippen molar-refractivity contribution in [3.05, 3.63) is 59.4 Å². The molecule has 3 nitrogen and oxygen atoms in total. The van der Waals surface area contributed by atoms with Crippen molar-refractivity contribution >= 4 is 17.3 Å². The Morgan fingerprint density at radius 1 is 1.00 bits per heavy atom. The van der Waals surface area contributed by atoms with Crippen molar-refractivity contribution in [1.29, 1.82) is 0 Å². The number of carboxylic acids is 1. The van der Waals surface area contributed by atoms with Crippen molar-refractivity contribution in [2.75, 3.05) is 5.32 Å². The zero-order chi connectivity index (χ0) is 14.0. The number of nitrogens with one attached hydrogen (secondary N) is 1. The standard InChI is InChI=1S/C13H8F3NO2/c14-8-1-2-12(11(16)6-8)17-10-4-7(13(18)19)3-9(15)5-10/h1-6,17H,(H,18,19). The first kappa shape index (κ1) is 12.9. The van der Waals surface area contributed by atoms with E-state index in [1.54, 1.807) is 0 Å². The van der Waals surface area contributed by atoms with E-state index < -0.39 is 23.4 Å². The van der Waals surface area contributed by atoms with Crippen LogP contribution in [0.3, 0.4) is 0 Å². The molecule has 0 unspecified atom stereocenters. The lowest BCUT2D eigenvalue weighted by molar-refractivity contribution is 0.0696. The van der Waals surface area contributed by atoms with Crippen LogP contribution in [-0.2, 0) is 0 Å². The Morgan fingerprint density at radius 2 is 1.74 bits per heavy atom. The molecule has 2 aromatic rings. The lowest BCUT2D eigenvalue weighted by Gasteiger charge is -2.08. The fourth-order valence-corrected chi connectivity index (χ4v) is 1.53. The van der Waals surface area contributed by atoms with Gasteiger partial charge >= 0.3 is 5.97 Å². The maximum atomic E-state index is 13.4. The van der Waals surface area contributed by atoms with Gasteiger partial charge in [0.15, 0.2) is 0 Å². The van der Waals surface area contributed by atoms with E-state index in [4.69, 9.17) is 5.11 Å². The van der Waals surface area contributed by atoms with Gasteiger partial charge in [0.2, 0.25) is 0 Å². The molecule has 0 saturated carbocycles. The van der Waals surface area contributed by atoms with E-state index in [0.717, 1.165) is 30.3 Å². The molecule has 0 atom stereocenters. The van der Waals surface area contributed by atoms with E-state index in [1.807, 2.05) is 0 Å². The van der Waals surface area contributed by atoms with Gasteiger partial charge in [-0.1, -0.05) is 0 Å². The third-order valence-corrected chi connectivity index (χ3v) is 2.35. The summed E-state index contributed by atoms with van der Waals surface area (Å²) in [5.74, 6) is -3.68. The molecule has 2 N–H and O–H groups in total. The van der Waals surface area contributed by atoms with Crippen molar-refractivity contribution in [2.45, 2.75) is 0 Å². The van der Waals surface area contributed by atoms with E-state index in [-0.39, 0.29) is 16.9 Å². The van der Waals surface area contributed by atoms with Crippen LogP contribution < -0.4 is 5.32 Å². The number of carbonyl (C=O) groups is 1. The summed E-state index contributed by atoms with van der Waals surface area (Å²) in [6.45, 7) is 0. The molecule has 0 spiro atoms. The fraction of sp³-hybridized carbons (Fsp3) is 0. The van der Waals surface area contributed by atoms with Gasteiger partial charge in [-0.3, -0.25) is 0 Å². The van der Waals surface area contributed by atoms with Gasteiger partial charge in [-0.2, -0.15) is 0 Å². The summed E-state index contributed by atoms with van der Waals surface area (Å²) in [7, 11) is 0. The first-order chi connectivity index (χ1) is 8.95. The van der Waals surface area contributed by atoms with Gasteiger partial charge in [-0.05, 0) is 30.3 Å². The number of carboxylic acid groups (broad SMARTS) is 1. The summed E-state index contributed by atoms with van der Waals surface area (Å²) in [6, 6.07) is 5.83. The normalized spacial score (nSPS) is 10.3. The van der Waals surface area contributed by atoms with E-state index in [0.29, 0.717) is 6.07 Å². The first-order valence-corrected chi connectivity index (χ1v) is 5.21. The van der Waals surface area contributed by atoms with E-state index >= 15 is 0 Å². The zero-order valence-corrected chi connectivity index (χ0v) is 9.45. The van der Waals surface area contributed by atoms with Crippen molar-refractivity contribution in [2.24, 2.45) is 0 Å². The minimum Gasteiger partial charge on any atom is -0.478 e. The lowest BCUT2D eigenvalue weighted by atomic mass is 10.2. The molecule has 2 rings (SSSR count). The summed E-state index contributed by atoms with van der Waals surface area (Å²) in [5, 5.41) is 11.3. The van der Waals surface area contributed by atoms with Crippen molar-refractivity contribution in [3.63, 3.8) is 0 Å². The fourth-order valence-electron chi connectivity index (χ4n) is 1.53. The van der Waals surface area contributed by atoms with Crippen LogP contribution in [0.2, 0.25) is 0 Å². The van der Waals surface area contributed by atoms with Crippen LogP contribution in [0.5, 0.6) is 0 Å². The molecule has 0 aromatic heterocycles. The molecule has 0 bridgehead atoms. The molecule has 0 radical (unpaired) electrons. The van der Waals surface area contributed by atoms with Crippen LogP contribution in [-0.4, -0.2) is 11.1 Å². The average Bonchev–Trinajstić information content (AvgIpc) is 2.32. The molecule has 19 heavy (non-hydrogen) atoms. The van der Waals surface area contributed by atoms with Gasteiger partial charge in [0, 0.05) is 11.8 Å². The maximum Gasteiger partial charge on any atom is 0.335 e. The Labute approximate surface area is 106 Å². The highest BCUT2D eigenvalue weighted by Gasteiger charge is 2.09. The van der Waals surface area contributed by atoms with Crippen LogP contribution in [0, 0.1) is 17.5 Å². The number of rotatable bonds is 3.